The molecule has 100 valence electrons. The molecule has 0 spiro atoms. The topological polar surface area (TPSA) is 47.6 Å². The molecule has 5 heteroatoms. The number of halogens is 1. The fraction of sp³-hybridized carbons (Fsp3) is 0.462. The Balaban J connectivity index is 2.94. The number of carbonyl (C=O) groups excluding carboxylic acids is 1. The van der Waals surface area contributed by atoms with E-state index in [-0.39, 0.29) is 0 Å². The first-order valence-corrected chi connectivity index (χ1v) is 6.37. The van der Waals surface area contributed by atoms with Gasteiger partial charge < -0.3 is 9.47 Å². The summed E-state index contributed by atoms with van der Waals surface area (Å²) in [5.41, 5.74) is 0.977. The quantitative estimate of drug-likeness (QED) is 0.893. The molecule has 4 nitrogen and oxygen atoms in total. The van der Waals surface area contributed by atoms with Crippen molar-refractivity contribution in [2.75, 3.05) is 12.4 Å². The van der Waals surface area contributed by atoms with Crippen molar-refractivity contribution in [1.82, 2.24) is 0 Å². The van der Waals surface area contributed by atoms with Crippen molar-refractivity contribution in [2.45, 2.75) is 33.3 Å². The van der Waals surface area contributed by atoms with Crippen LogP contribution in [-0.4, -0.2) is 18.8 Å². The van der Waals surface area contributed by atoms with Gasteiger partial charge in [0.2, 0.25) is 0 Å². The highest BCUT2D eigenvalue weighted by Gasteiger charge is 2.18. The molecule has 0 saturated carbocycles. The number of ether oxygens (including phenoxy) is 2. The van der Waals surface area contributed by atoms with Crippen molar-refractivity contribution in [2.24, 2.45) is 0 Å². The predicted molar refractivity (Wildman–Crippen MR) is 75.3 cm³/mol. The zero-order valence-corrected chi connectivity index (χ0v) is 12.8. The van der Waals surface area contributed by atoms with Crippen molar-refractivity contribution in [3.63, 3.8) is 0 Å². The van der Waals surface area contributed by atoms with Crippen molar-refractivity contribution in [3.05, 3.63) is 22.2 Å². The van der Waals surface area contributed by atoms with Crippen molar-refractivity contribution in [1.29, 1.82) is 0 Å². The van der Waals surface area contributed by atoms with Gasteiger partial charge in [0.25, 0.3) is 0 Å². The van der Waals surface area contributed by atoms with Crippen LogP contribution in [0.5, 0.6) is 5.75 Å². The standard InChI is InChI=1S/C13H18BrNO3/c1-8-10(17-5)7-6-9(14)11(8)15-12(16)18-13(2,3)4/h6-7H,1-5H3,(H,15,16). The van der Waals surface area contributed by atoms with Crippen LogP contribution in [0.3, 0.4) is 0 Å². The Hall–Kier alpha value is -1.23. The molecule has 1 aromatic rings. The minimum absolute atomic E-state index is 0.487. The number of hydrogen-bond acceptors (Lipinski definition) is 3. The van der Waals surface area contributed by atoms with Gasteiger partial charge in [0, 0.05) is 10.0 Å². The lowest BCUT2D eigenvalue weighted by Gasteiger charge is -2.21. The summed E-state index contributed by atoms with van der Waals surface area (Å²) in [7, 11) is 1.59. The summed E-state index contributed by atoms with van der Waals surface area (Å²) in [6, 6.07) is 3.65. The van der Waals surface area contributed by atoms with Crippen LogP contribution in [0.25, 0.3) is 0 Å². The summed E-state index contributed by atoms with van der Waals surface area (Å²) in [6.07, 6.45) is -0.487. The summed E-state index contributed by atoms with van der Waals surface area (Å²) in [5, 5.41) is 2.72. The van der Waals surface area contributed by atoms with Gasteiger partial charge in [-0.2, -0.15) is 0 Å². The molecule has 0 bridgehead atoms. The molecule has 0 heterocycles. The third-order valence-corrected chi connectivity index (χ3v) is 2.87. The second-order valence-electron chi connectivity index (χ2n) is 4.88. The Morgan fingerprint density at radius 2 is 1.94 bits per heavy atom. The SMILES string of the molecule is COc1ccc(Br)c(NC(=O)OC(C)(C)C)c1C. The van der Waals surface area contributed by atoms with Crippen LogP contribution in [-0.2, 0) is 4.74 Å². The van der Waals surface area contributed by atoms with Gasteiger partial charge in [0.05, 0.1) is 12.8 Å². The number of amides is 1. The summed E-state index contributed by atoms with van der Waals surface area (Å²) in [6.45, 7) is 7.33. The molecule has 1 aromatic carbocycles. The van der Waals surface area contributed by atoms with E-state index in [0.717, 1.165) is 10.0 Å². The van der Waals surface area contributed by atoms with Gasteiger partial charge in [-0.15, -0.1) is 0 Å². The summed E-state index contributed by atoms with van der Waals surface area (Å²) in [5.74, 6) is 0.712. The molecule has 18 heavy (non-hydrogen) atoms. The van der Waals surface area contributed by atoms with Crippen LogP contribution in [0.2, 0.25) is 0 Å². The summed E-state index contributed by atoms with van der Waals surface area (Å²) < 4.78 is 11.2. The predicted octanol–water partition coefficient (Wildman–Crippen LogP) is 4.11. The van der Waals surface area contributed by atoms with Crippen molar-refractivity contribution in [3.8, 4) is 5.75 Å². The Labute approximate surface area is 116 Å². The van der Waals surface area contributed by atoms with Crippen LogP contribution in [0.1, 0.15) is 26.3 Å². The Morgan fingerprint density at radius 1 is 1.33 bits per heavy atom. The molecule has 0 radical (unpaired) electrons. The van der Waals surface area contributed by atoms with E-state index >= 15 is 0 Å². The highest BCUT2D eigenvalue weighted by Crippen LogP contribution is 2.33. The maximum atomic E-state index is 11.7. The monoisotopic (exact) mass is 315 g/mol. The van der Waals surface area contributed by atoms with E-state index < -0.39 is 11.7 Å². The molecular formula is C13H18BrNO3. The third-order valence-electron chi connectivity index (χ3n) is 2.21. The number of anilines is 1. The molecule has 0 aromatic heterocycles. The van der Waals surface area contributed by atoms with E-state index in [9.17, 15) is 4.79 Å². The Morgan fingerprint density at radius 3 is 2.44 bits per heavy atom. The highest BCUT2D eigenvalue weighted by molar-refractivity contribution is 9.10. The van der Waals surface area contributed by atoms with Gasteiger partial charge in [-0.1, -0.05) is 0 Å². The van der Waals surface area contributed by atoms with E-state index in [2.05, 4.69) is 21.2 Å². The number of rotatable bonds is 2. The smallest absolute Gasteiger partial charge is 0.412 e. The van der Waals surface area contributed by atoms with Crippen LogP contribution < -0.4 is 10.1 Å². The zero-order chi connectivity index (χ0) is 13.9. The van der Waals surface area contributed by atoms with Crippen molar-refractivity contribution >= 4 is 27.7 Å². The minimum atomic E-state index is -0.524. The lowest BCUT2D eigenvalue weighted by molar-refractivity contribution is 0.0635. The zero-order valence-electron chi connectivity index (χ0n) is 11.3. The normalized spacial score (nSPS) is 11.0. The molecule has 1 rings (SSSR count). The van der Waals surface area contributed by atoms with Crippen molar-refractivity contribution < 1.29 is 14.3 Å². The molecule has 0 unspecified atom stereocenters. The van der Waals surface area contributed by atoms with Gasteiger partial charge in [-0.3, -0.25) is 5.32 Å². The number of methoxy groups -OCH3 is 1. The molecule has 0 aliphatic heterocycles. The van der Waals surface area contributed by atoms with E-state index in [4.69, 9.17) is 9.47 Å². The van der Waals surface area contributed by atoms with Crippen LogP contribution in [0.4, 0.5) is 10.5 Å². The van der Waals surface area contributed by atoms with E-state index in [1.54, 1.807) is 7.11 Å². The number of benzene rings is 1. The molecule has 1 amide bonds. The maximum absolute atomic E-state index is 11.7. The molecule has 0 aliphatic carbocycles. The second kappa shape index (κ2) is 5.61. The molecule has 0 saturated heterocycles. The molecular weight excluding hydrogens is 298 g/mol. The van der Waals surface area contributed by atoms with Gasteiger partial charge in [0.15, 0.2) is 0 Å². The van der Waals surface area contributed by atoms with E-state index in [1.807, 2.05) is 39.8 Å². The number of hydrogen-bond donors (Lipinski definition) is 1. The van der Waals surface area contributed by atoms with E-state index in [1.165, 1.54) is 0 Å². The van der Waals surface area contributed by atoms with Crippen LogP contribution in [0.15, 0.2) is 16.6 Å². The fourth-order valence-electron chi connectivity index (χ4n) is 1.44. The minimum Gasteiger partial charge on any atom is -0.496 e. The molecule has 0 atom stereocenters. The van der Waals surface area contributed by atoms with Crippen LogP contribution >= 0.6 is 15.9 Å². The average Bonchev–Trinajstić information content (AvgIpc) is 2.22. The average molecular weight is 316 g/mol. The van der Waals surface area contributed by atoms with E-state index in [0.29, 0.717) is 11.4 Å². The fourth-order valence-corrected chi connectivity index (χ4v) is 1.97. The Bertz CT molecular complexity index is 452. The van der Waals surface area contributed by atoms with Gasteiger partial charge in [0.1, 0.15) is 11.4 Å². The highest BCUT2D eigenvalue weighted by atomic mass is 79.9. The number of nitrogens with one attached hydrogen (secondary N) is 1. The van der Waals surface area contributed by atoms with Crippen LogP contribution in [0, 0.1) is 6.92 Å². The molecule has 0 fully saturated rings. The lowest BCUT2D eigenvalue weighted by Crippen LogP contribution is -2.27. The number of carbonyl (C=O) groups is 1. The lowest BCUT2D eigenvalue weighted by atomic mass is 10.2. The Kier molecular flexibility index (Phi) is 4.62. The summed E-state index contributed by atoms with van der Waals surface area (Å²) in [4.78, 5) is 11.7. The summed E-state index contributed by atoms with van der Waals surface area (Å²) >= 11 is 3.39. The second-order valence-corrected chi connectivity index (χ2v) is 5.73. The first-order valence-electron chi connectivity index (χ1n) is 5.57. The van der Waals surface area contributed by atoms with Gasteiger partial charge in [-0.25, -0.2) is 4.79 Å². The molecule has 0 aliphatic rings. The first kappa shape index (κ1) is 14.8. The van der Waals surface area contributed by atoms with Gasteiger partial charge in [-0.05, 0) is 55.8 Å². The molecule has 1 N–H and O–H groups in total. The maximum Gasteiger partial charge on any atom is 0.412 e. The van der Waals surface area contributed by atoms with Gasteiger partial charge >= 0.3 is 6.09 Å². The first-order chi connectivity index (χ1) is 8.24. The largest absolute Gasteiger partial charge is 0.496 e. The third kappa shape index (κ3) is 3.91.